The molecular formula is C109H79ClF2N24O. The lowest BCUT2D eigenvalue weighted by atomic mass is 9.98. The molecule has 0 unspecified atom stereocenters. The highest BCUT2D eigenvalue weighted by molar-refractivity contribution is 6.31. The molecule has 0 saturated carbocycles. The van der Waals surface area contributed by atoms with Gasteiger partial charge in [0, 0.05) is 109 Å². The summed E-state index contributed by atoms with van der Waals surface area (Å²) in [5.74, 6) is 2.08. The van der Waals surface area contributed by atoms with E-state index in [9.17, 15) is 5.11 Å². The Kier molecular flexibility index (Phi) is 24.2. The van der Waals surface area contributed by atoms with Gasteiger partial charge in [-0.2, -0.15) is 43.6 Å². The van der Waals surface area contributed by atoms with Crippen molar-refractivity contribution in [1.82, 2.24) is 119 Å². The van der Waals surface area contributed by atoms with Crippen molar-refractivity contribution < 1.29 is 13.9 Å². The Bertz CT molecular complexity index is 7870. The Morgan fingerprint density at radius 1 is 0.277 bits per heavy atom. The largest absolute Gasteiger partial charge is 0.392 e. The van der Waals surface area contributed by atoms with E-state index in [-0.39, 0.29) is 30.1 Å². The molecule has 0 aliphatic rings. The lowest BCUT2D eigenvalue weighted by Gasteiger charge is -2.11. The maximum Gasteiger partial charge on any atom is 0.193 e. The van der Waals surface area contributed by atoms with Crippen LogP contribution in [0.5, 0.6) is 0 Å². The minimum absolute atomic E-state index is 0.0585. The summed E-state index contributed by atoms with van der Waals surface area (Å²) in [6.07, 6.45) is 8.56. The number of hydrogen-bond acceptors (Lipinski definition) is 20. The molecule has 1 N–H and O–H groups in total. The van der Waals surface area contributed by atoms with E-state index in [1.54, 1.807) is 55.0 Å². The molecular weight excluding hydrogens is 1730 g/mol. The van der Waals surface area contributed by atoms with Gasteiger partial charge in [-0.15, -0.1) is 40.8 Å². The smallest absolute Gasteiger partial charge is 0.193 e. The summed E-state index contributed by atoms with van der Waals surface area (Å²) >= 11 is 6.25. The number of alkyl halides is 2. The minimum atomic E-state index is -1.44. The maximum atomic E-state index is 15.3. The predicted octanol–water partition coefficient (Wildman–Crippen LogP) is 22.5. The Morgan fingerprint density at radius 2 is 0.591 bits per heavy atom. The molecule has 25 nitrogen and oxygen atoms in total. The first kappa shape index (κ1) is 85.9. The second kappa shape index (κ2) is 38.5. The molecule has 662 valence electrons. The van der Waals surface area contributed by atoms with Gasteiger partial charge in [-0.05, 0) is 191 Å². The second-order valence-electron chi connectivity index (χ2n) is 32.6. The number of benzene rings is 10. The Hall–Kier alpha value is -17.8. The van der Waals surface area contributed by atoms with Crippen molar-refractivity contribution >= 4 is 94.4 Å². The highest BCUT2D eigenvalue weighted by atomic mass is 35.5. The van der Waals surface area contributed by atoms with Crippen LogP contribution in [0.1, 0.15) is 100 Å². The SMILES string of the molecule is C[C@@H](c1ccc2ncccc2c1)c1nnc2ccc(-c3ccccc3)nn12.C[C@H](c1ccc2ncccc2c1)c1nnc2ccc(-c3ccccc3)nn12.F[C@@H](c1ccc2ncccc2c1)c1nnc2ccc(-c3ccccc3)nn12.F[C@H](c1ccc2ncccc2c1)c1nnc2ccc(-c3ccccc3)nn12.OCc1ccc(-c2ccc3ncc(Cc4ccc5ncccc5c4)n3n2)cc1Cl. The van der Waals surface area contributed by atoms with E-state index in [0.717, 1.165) is 156 Å². The molecule has 0 fully saturated rings. The van der Waals surface area contributed by atoms with Crippen LogP contribution in [-0.4, -0.2) is 124 Å². The molecule has 0 radical (unpaired) electrons. The fourth-order valence-electron chi connectivity index (χ4n) is 16.4. The summed E-state index contributed by atoms with van der Waals surface area (Å²) in [4.78, 5) is 26.2. The molecule has 15 heterocycles. The van der Waals surface area contributed by atoms with Crippen LogP contribution in [0.3, 0.4) is 0 Å². The molecule has 0 amide bonds. The van der Waals surface area contributed by atoms with Crippen molar-refractivity contribution in [3.05, 3.63) is 456 Å². The van der Waals surface area contributed by atoms with E-state index in [1.807, 2.05) is 269 Å². The van der Waals surface area contributed by atoms with Crippen LogP contribution in [0.25, 0.3) is 139 Å². The first-order chi connectivity index (χ1) is 67.4. The molecule has 4 atom stereocenters. The molecule has 15 aromatic heterocycles. The second-order valence-corrected chi connectivity index (χ2v) is 33.0. The zero-order chi connectivity index (χ0) is 92.7. The van der Waals surface area contributed by atoms with Crippen molar-refractivity contribution in [3.8, 4) is 56.3 Å². The van der Waals surface area contributed by atoms with Crippen molar-refractivity contribution in [2.45, 2.75) is 51.1 Å². The van der Waals surface area contributed by atoms with E-state index in [4.69, 9.17) is 26.9 Å². The van der Waals surface area contributed by atoms with Crippen LogP contribution < -0.4 is 0 Å². The van der Waals surface area contributed by atoms with E-state index < -0.39 is 12.3 Å². The highest BCUT2D eigenvalue weighted by Crippen LogP contribution is 2.35. The van der Waals surface area contributed by atoms with Gasteiger partial charge < -0.3 is 5.11 Å². The van der Waals surface area contributed by atoms with Gasteiger partial charge in [-0.25, -0.2) is 18.3 Å². The van der Waals surface area contributed by atoms with Gasteiger partial charge in [0.25, 0.3) is 0 Å². The van der Waals surface area contributed by atoms with E-state index >= 15 is 8.78 Å². The van der Waals surface area contributed by atoms with Gasteiger partial charge in [0.2, 0.25) is 0 Å². The summed E-state index contributed by atoms with van der Waals surface area (Å²) < 4.78 is 39.1. The third-order valence-corrected chi connectivity index (χ3v) is 24.1. The topological polar surface area (TPSA) is 287 Å². The van der Waals surface area contributed by atoms with Gasteiger partial charge >= 0.3 is 0 Å². The van der Waals surface area contributed by atoms with Gasteiger partial charge in [0.15, 0.2) is 63.9 Å². The van der Waals surface area contributed by atoms with Crippen LogP contribution in [0.2, 0.25) is 5.02 Å². The Labute approximate surface area is 785 Å². The fraction of sp³-hybridized carbons (Fsp3) is 0.0734. The van der Waals surface area contributed by atoms with Crippen LogP contribution in [-0.2, 0) is 13.0 Å². The van der Waals surface area contributed by atoms with Crippen LogP contribution in [0.15, 0.2) is 389 Å². The third-order valence-electron chi connectivity index (χ3n) is 23.8. The molecule has 28 heteroatoms. The average Bonchev–Trinajstić information content (AvgIpc) is 1.65. The summed E-state index contributed by atoms with van der Waals surface area (Å²) in [5, 5.41) is 72.1. The van der Waals surface area contributed by atoms with Gasteiger partial charge in [-0.1, -0.05) is 220 Å². The Balaban J connectivity index is 0.000000102. The number of hydrogen-bond donors (Lipinski definition) is 1. The zero-order valence-corrected chi connectivity index (χ0v) is 74.2. The first-order valence-electron chi connectivity index (χ1n) is 44.2. The van der Waals surface area contributed by atoms with Crippen molar-refractivity contribution in [2.75, 3.05) is 0 Å². The molecule has 25 aromatic rings. The number of imidazole rings is 1. The lowest BCUT2D eigenvalue weighted by molar-refractivity contribution is 0.282. The number of aromatic nitrogens is 24. The molecule has 0 aliphatic heterocycles. The third kappa shape index (κ3) is 18.3. The average molecular weight is 1810 g/mol. The summed E-state index contributed by atoms with van der Waals surface area (Å²) in [7, 11) is 0. The number of nitrogens with zero attached hydrogens (tertiary/aromatic N) is 24. The summed E-state index contributed by atoms with van der Waals surface area (Å²) in [5.41, 5.74) is 23.1. The van der Waals surface area contributed by atoms with Crippen LogP contribution in [0.4, 0.5) is 8.78 Å². The number of rotatable bonds is 16. The number of aliphatic hydroxyl groups is 1. The van der Waals surface area contributed by atoms with E-state index in [1.165, 1.54) is 14.6 Å². The quantitative estimate of drug-likeness (QED) is 0.0940. The first-order valence-corrected chi connectivity index (χ1v) is 44.6. The number of pyridine rings is 5. The minimum Gasteiger partial charge on any atom is -0.392 e. The van der Waals surface area contributed by atoms with E-state index in [0.29, 0.717) is 39.4 Å². The monoisotopic (exact) mass is 1810 g/mol. The van der Waals surface area contributed by atoms with E-state index in [2.05, 4.69) is 174 Å². The van der Waals surface area contributed by atoms with Gasteiger partial charge in [0.1, 0.15) is 0 Å². The molecule has 0 aliphatic carbocycles. The van der Waals surface area contributed by atoms with Gasteiger partial charge in [-0.3, -0.25) is 24.9 Å². The van der Waals surface area contributed by atoms with Crippen LogP contribution >= 0.6 is 11.6 Å². The normalized spacial score (nSPS) is 12.2. The number of aliphatic hydroxyl groups excluding tert-OH is 1. The Morgan fingerprint density at radius 3 is 0.956 bits per heavy atom. The molecule has 0 saturated heterocycles. The zero-order valence-electron chi connectivity index (χ0n) is 73.5. The molecule has 137 heavy (non-hydrogen) atoms. The van der Waals surface area contributed by atoms with Crippen LogP contribution in [0, 0.1) is 0 Å². The summed E-state index contributed by atoms with van der Waals surface area (Å²) in [6, 6.07) is 113. The molecule has 0 spiro atoms. The van der Waals surface area contributed by atoms with Crippen molar-refractivity contribution in [3.63, 3.8) is 0 Å². The number of halogens is 3. The maximum absolute atomic E-state index is 15.3. The molecule has 0 bridgehead atoms. The fourth-order valence-corrected chi connectivity index (χ4v) is 16.7. The van der Waals surface area contributed by atoms with Crippen molar-refractivity contribution in [1.29, 1.82) is 0 Å². The number of fused-ring (bicyclic) bond motifs is 10. The van der Waals surface area contributed by atoms with Crippen molar-refractivity contribution in [2.24, 2.45) is 0 Å². The highest BCUT2D eigenvalue weighted by Gasteiger charge is 2.26. The lowest BCUT2D eigenvalue weighted by Crippen LogP contribution is -2.05. The summed E-state index contributed by atoms with van der Waals surface area (Å²) in [6.45, 7) is 4.17. The predicted molar refractivity (Wildman–Crippen MR) is 527 cm³/mol. The standard InChI is InChI=1S/C23H17ClN4O.2C22H17N5.2C21H14FN5/c24-20-12-17(4-5-18(20)14-29)22-7-8-23-26-13-19(28(23)27-22)11-15-3-6-21-16(10-15)2-1-9-25-21;2*1-15(17-9-10-19-18(14-17)8-5-13-23-19)22-25-24-21-12-11-20(26-27(21)22)16-6-3-2-4-7-16;2*22-20(16-8-9-17-15(13-16)7-4-12-23-17)21-25-24-19-11-10-18(26-27(19)21)14-5-2-1-3-6-14/h1-10,12-13,29H,11,14H2;2*2-15H,1H3;2*1-13,20H/t;2*15-;2*20-/m.1010/s1. The molecule has 25 rings (SSSR count). The molecule has 10 aromatic carbocycles. The van der Waals surface area contributed by atoms with Gasteiger partial charge in [0.05, 0.1) is 74.6 Å².